The molecule has 1 aromatic carbocycles. The molecule has 2 aliphatic heterocycles. The summed E-state index contributed by atoms with van der Waals surface area (Å²) in [4.78, 5) is 12.4. The van der Waals surface area contributed by atoms with Crippen LogP contribution in [0.5, 0.6) is 0 Å². The van der Waals surface area contributed by atoms with Crippen LogP contribution in [-0.2, 0) is 21.4 Å². The van der Waals surface area contributed by atoms with Gasteiger partial charge in [0.25, 0.3) is 0 Å². The second kappa shape index (κ2) is 9.21. The maximum Gasteiger partial charge on any atom is 0.243 e. The van der Waals surface area contributed by atoms with E-state index in [0.29, 0.717) is 31.0 Å². The lowest BCUT2D eigenvalue weighted by Gasteiger charge is -2.26. The fourth-order valence-electron chi connectivity index (χ4n) is 3.32. The van der Waals surface area contributed by atoms with Crippen LogP contribution in [0.15, 0.2) is 29.2 Å². The molecule has 0 aliphatic carbocycles. The fraction of sp³-hybridized carbons (Fsp3) is 0.611. The number of sulfonamides is 1. The SMILES string of the molecule is O=C(CC1CSCCN1)NCc1cccc(S(=O)(=O)N2CCCCC2)c1. The third kappa shape index (κ3) is 5.22. The summed E-state index contributed by atoms with van der Waals surface area (Å²) in [6.07, 6.45) is 3.39. The molecule has 3 rings (SSSR count). The summed E-state index contributed by atoms with van der Waals surface area (Å²) in [6.45, 7) is 2.48. The Morgan fingerprint density at radius 2 is 2.08 bits per heavy atom. The van der Waals surface area contributed by atoms with Crippen molar-refractivity contribution in [3.8, 4) is 0 Å². The summed E-state index contributed by atoms with van der Waals surface area (Å²) in [5, 5.41) is 6.25. The third-order valence-electron chi connectivity index (χ3n) is 4.77. The van der Waals surface area contributed by atoms with Crippen molar-refractivity contribution in [2.24, 2.45) is 0 Å². The van der Waals surface area contributed by atoms with Gasteiger partial charge >= 0.3 is 0 Å². The van der Waals surface area contributed by atoms with Crippen LogP contribution < -0.4 is 10.6 Å². The molecule has 1 atom stereocenters. The molecule has 2 aliphatic rings. The Morgan fingerprint density at radius 3 is 2.81 bits per heavy atom. The molecule has 6 nitrogen and oxygen atoms in total. The van der Waals surface area contributed by atoms with Crippen molar-refractivity contribution >= 4 is 27.7 Å². The number of nitrogens with zero attached hydrogens (tertiary/aromatic N) is 1. The van der Waals surface area contributed by atoms with Gasteiger partial charge in [-0.2, -0.15) is 16.1 Å². The smallest absolute Gasteiger partial charge is 0.243 e. The van der Waals surface area contributed by atoms with Gasteiger partial charge in [0.1, 0.15) is 0 Å². The Bertz CT molecular complexity index is 712. The summed E-state index contributed by atoms with van der Waals surface area (Å²) in [5.41, 5.74) is 0.808. The van der Waals surface area contributed by atoms with Crippen molar-refractivity contribution in [2.75, 3.05) is 31.1 Å². The van der Waals surface area contributed by atoms with Gasteiger partial charge in [-0.25, -0.2) is 8.42 Å². The van der Waals surface area contributed by atoms with Gasteiger partial charge in [-0.15, -0.1) is 0 Å². The molecule has 2 fully saturated rings. The summed E-state index contributed by atoms with van der Waals surface area (Å²) in [7, 11) is -3.44. The number of hydrogen-bond donors (Lipinski definition) is 2. The first-order chi connectivity index (χ1) is 12.6. The highest BCUT2D eigenvalue weighted by Crippen LogP contribution is 2.21. The molecule has 0 saturated carbocycles. The van der Waals surface area contributed by atoms with Gasteiger partial charge in [0.05, 0.1) is 4.90 Å². The zero-order chi connectivity index (χ0) is 18.4. The fourth-order valence-corrected chi connectivity index (χ4v) is 5.85. The number of carbonyl (C=O) groups excluding carboxylic acids is 1. The summed E-state index contributed by atoms with van der Waals surface area (Å²) in [6, 6.07) is 7.14. The van der Waals surface area contributed by atoms with Crippen LogP contribution in [0, 0.1) is 0 Å². The van der Waals surface area contributed by atoms with Crippen molar-refractivity contribution < 1.29 is 13.2 Å². The van der Waals surface area contributed by atoms with Gasteiger partial charge in [0.15, 0.2) is 0 Å². The van der Waals surface area contributed by atoms with Crippen molar-refractivity contribution in [2.45, 2.75) is 43.2 Å². The van der Waals surface area contributed by atoms with E-state index >= 15 is 0 Å². The molecule has 26 heavy (non-hydrogen) atoms. The lowest BCUT2D eigenvalue weighted by molar-refractivity contribution is -0.121. The predicted octanol–water partition coefficient (Wildman–Crippen LogP) is 1.57. The van der Waals surface area contributed by atoms with E-state index in [2.05, 4.69) is 10.6 Å². The molecular formula is C18H27N3O3S2. The van der Waals surface area contributed by atoms with Gasteiger partial charge in [-0.1, -0.05) is 18.6 Å². The number of thioether (sulfide) groups is 1. The second-order valence-electron chi connectivity index (χ2n) is 6.82. The first kappa shape index (κ1) is 19.7. The number of amides is 1. The summed E-state index contributed by atoms with van der Waals surface area (Å²) < 4.78 is 27.1. The first-order valence-electron chi connectivity index (χ1n) is 9.22. The maximum atomic E-state index is 12.8. The zero-order valence-electron chi connectivity index (χ0n) is 14.9. The highest BCUT2D eigenvalue weighted by molar-refractivity contribution is 7.99. The number of piperidine rings is 1. The average Bonchev–Trinajstić information content (AvgIpc) is 2.68. The Kier molecular flexibility index (Phi) is 6.97. The van der Waals surface area contributed by atoms with Gasteiger partial charge in [0, 0.05) is 50.1 Å². The molecule has 1 unspecified atom stereocenters. The van der Waals surface area contributed by atoms with E-state index in [4.69, 9.17) is 0 Å². The van der Waals surface area contributed by atoms with Crippen LogP contribution in [0.2, 0.25) is 0 Å². The number of benzene rings is 1. The van der Waals surface area contributed by atoms with E-state index in [9.17, 15) is 13.2 Å². The maximum absolute atomic E-state index is 12.8. The van der Waals surface area contributed by atoms with Crippen LogP contribution in [0.4, 0.5) is 0 Å². The molecule has 0 spiro atoms. The number of nitrogens with one attached hydrogen (secondary N) is 2. The highest BCUT2D eigenvalue weighted by atomic mass is 32.2. The molecule has 2 saturated heterocycles. The van der Waals surface area contributed by atoms with Crippen molar-refractivity contribution in [3.63, 3.8) is 0 Å². The minimum absolute atomic E-state index is 0.00529. The van der Waals surface area contributed by atoms with E-state index in [-0.39, 0.29) is 11.9 Å². The molecule has 1 aromatic rings. The second-order valence-corrected chi connectivity index (χ2v) is 9.91. The van der Waals surface area contributed by atoms with Crippen LogP contribution in [-0.4, -0.2) is 55.8 Å². The van der Waals surface area contributed by atoms with Crippen LogP contribution in [0.25, 0.3) is 0 Å². The summed E-state index contributed by atoms with van der Waals surface area (Å²) >= 11 is 1.86. The van der Waals surface area contributed by atoms with Gasteiger partial charge in [-0.05, 0) is 30.5 Å². The lowest BCUT2D eigenvalue weighted by Crippen LogP contribution is -2.41. The van der Waals surface area contributed by atoms with Gasteiger partial charge < -0.3 is 10.6 Å². The minimum atomic E-state index is -3.44. The molecule has 0 radical (unpaired) electrons. The van der Waals surface area contributed by atoms with Gasteiger partial charge in [0.2, 0.25) is 15.9 Å². The normalized spacial score (nSPS) is 22.1. The van der Waals surface area contributed by atoms with E-state index < -0.39 is 10.0 Å². The van der Waals surface area contributed by atoms with Crippen molar-refractivity contribution in [3.05, 3.63) is 29.8 Å². The van der Waals surface area contributed by atoms with Crippen molar-refractivity contribution in [1.82, 2.24) is 14.9 Å². The van der Waals surface area contributed by atoms with Gasteiger partial charge in [-0.3, -0.25) is 4.79 Å². The highest BCUT2D eigenvalue weighted by Gasteiger charge is 2.26. The number of hydrogen-bond acceptors (Lipinski definition) is 5. The molecule has 1 amide bonds. The summed E-state index contributed by atoms with van der Waals surface area (Å²) in [5.74, 6) is 2.04. The van der Waals surface area contributed by atoms with E-state index in [1.165, 1.54) is 0 Å². The Hall–Kier alpha value is -1.09. The lowest BCUT2D eigenvalue weighted by atomic mass is 10.2. The predicted molar refractivity (Wildman–Crippen MR) is 105 cm³/mol. The monoisotopic (exact) mass is 397 g/mol. The largest absolute Gasteiger partial charge is 0.352 e. The Morgan fingerprint density at radius 1 is 1.27 bits per heavy atom. The van der Waals surface area contributed by atoms with E-state index in [1.807, 2.05) is 17.8 Å². The van der Waals surface area contributed by atoms with Crippen LogP contribution in [0.3, 0.4) is 0 Å². The van der Waals surface area contributed by atoms with Crippen LogP contribution in [0.1, 0.15) is 31.2 Å². The molecule has 0 bridgehead atoms. The number of carbonyl (C=O) groups is 1. The molecule has 2 N–H and O–H groups in total. The Labute approximate surface area is 160 Å². The zero-order valence-corrected chi connectivity index (χ0v) is 16.6. The molecular weight excluding hydrogens is 370 g/mol. The van der Waals surface area contributed by atoms with Crippen molar-refractivity contribution in [1.29, 1.82) is 0 Å². The standard InChI is InChI=1S/C18H27N3O3S2/c22-18(12-16-14-25-10-7-19-16)20-13-15-5-4-6-17(11-15)26(23,24)21-8-2-1-3-9-21/h4-6,11,16,19H,1-3,7-10,12-14H2,(H,20,22). The van der Waals surface area contributed by atoms with E-state index in [1.54, 1.807) is 22.5 Å². The Balaban J connectivity index is 1.57. The quantitative estimate of drug-likeness (QED) is 0.762. The molecule has 8 heteroatoms. The minimum Gasteiger partial charge on any atom is -0.352 e. The third-order valence-corrected chi connectivity index (χ3v) is 7.80. The first-order valence-corrected chi connectivity index (χ1v) is 11.8. The average molecular weight is 398 g/mol. The molecule has 2 heterocycles. The topological polar surface area (TPSA) is 78.5 Å². The molecule has 144 valence electrons. The van der Waals surface area contributed by atoms with Crippen LogP contribution >= 0.6 is 11.8 Å². The van der Waals surface area contributed by atoms with E-state index in [0.717, 1.165) is 42.9 Å². The molecule has 0 aromatic heterocycles. The number of rotatable bonds is 6.